The van der Waals surface area contributed by atoms with E-state index in [1.54, 1.807) is 0 Å². The topological polar surface area (TPSA) is 140 Å². The fraction of sp³-hybridized carbons (Fsp3) is 0.353. The molecule has 2 rings (SSSR count). The fourth-order valence-corrected chi connectivity index (χ4v) is 2.27. The highest BCUT2D eigenvalue weighted by Crippen LogP contribution is 2.15. The number of alkyl halides is 2. The van der Waals surface area contributed by atoms with Crippen LogP contribution in [0.2, 0.25) is 0 Å². The van der Waals surface area contributed by atoms with Crippen molar-refractivity contribution in [3.05, 3.63) is 41.7 Å². The van der Waals surface area contributed by atoms with Crippen molar-refractivity contribution in [3.8, 4) is 0 Å². The lowest BCUT2D eigenvalue weighted by atomic mass is 10.2. The number of nitrogens with two attached hydrogens (primary N) is 2. The Morgan fingerprint density at radius 2 is 2.00 bits per heavy atom. The number of ether oxygens (including phenoxy) is 1. The van der Waals surface area contributed by atoms with Crippen LogP contribution < -0.4 is 27.2 Å². The summed E-state index contributed by atoms with van der Waals surface area (Å²) in [6.07, 6.45) is 1.50. The van der Waals surface area contributed by atoms with Crippen LogP contribution in [0.3, 0.4) is 0 Å². The number of benzene rings is 1. The Hall–Kier alpha value is -3.21. The molecule has 9 nitrogen and oxygen atoms in total. The number of rotatable bonds is 7. The summed E-state index contributed by atoms with van der Waals surface area (Å²) in [5.74, 6) is 0.935. The summed E-state index contributed by atoms with van der Waals surface area (Å²) < 4.78 is 30.3. The van der Waals surface area contributed by atoms with Crippen LogP contribution >= 0.6 is 0 Å². The maximum atomic E-state index is 12.8. The number of carbonyl (C=O) groups excluding carboxylic acids is 3. The Morgan fingerprint density at radius 1 is 1.36 bits per heavy atom. The molecule has 28 heavy (non-hydrogen) atoms. The van der Waals surface area contributed by atoms with Crippen molar-refractivity contribution < 1.29 is 27.9 Å². The van der Waals surface area contributed by atoms with Crippen molar-refractivity contribution in [1.29, 1.82) is 0 Å². The van der Waals surface area contributed by atoms with Gasteiger partial charge in [-0.25, -0.2) is 19.4 Å². The van der Waals surface area contributed by atoms with E-state index in [4.69, 9.17) is 16.3 Å². The van der Waals surface area contributed by atoms with E-state index >= 15 is 0 Å². The lowest BCUT2D eigenvalue weighted by Gasteiger charge is -2.16. The zero-order chi connectivity index (χ0) is 20.9. The predicted octanol–water partition coefficient (Wildman–Crippen LogP) is -0.0165. The van der Waals surface area contributed by atoms with Crippen molar-refractivity contribution in [3.63, 3.8) is 0 Å². The molecule has 1 heterocycles. The number of amides is 2. The van der Waals surface area contributed by atoms with Crippen LogP contribution in [0.5, 0.6) is 0 Å². The molecule has 1 unspecified atom stereocenters. The zero-order valence-electron chi connectivity index (χ0n) is 15.1. The second-order valence-electron chi connectivity index (χ2n) is 6.27. The minimum Gasteiger partial charge on any atom is -0.464 e. The second kappa shape index (κ2) is 8.65. The van der Waals surface area contributed by atoms with Crippen molar-refractivity contribution in [2.75, 3.05) is 18.2 Å². The number of halogens is 2. The summed E-state index contributed by atoms with van der Waals surface area (Å²) in [5.41, 5.74) is 5.98. The number of hydrogen-bond acceptors (Lipinski definition) is 7. The van der Waals surface area contributed by atoms with Gasteiger partial charge in [-0.3, -0.25) is 14.6 Å². The number of carbonyl (C=O) groups is 3. The van der Waals surface area contributed by atoms with E-state index in [-0.39, 0.29) is 17.9 Å². The first kappa shape index (κ1) is 21.1. The maximum absolute atomic E-state index is 12.8. The minimum absolute atomic E-state index is 0.163. The minimum atomic E-state index is -3.01. The number of hydrazine groups is 1. The molecule has 1 aliphatic heterocycles. The molecule has 0 spiro atoms. The Kier molecular flexibility index (Phi) is 6.52. The SMILES string of the molecule is CC(F)(F)CNC(=O)c1ccc(N(N)/C=C(\N)C(=O)NC2CCOC2=O)cc1. The van der Waals surface area contributed by atoms with E-state index in [1.165, 1.54) is 24.3 Å². The third-order valence-corrected chi connectivity index (χ3v) is 3.77. The molecule has 152 valence electrons. The smallest absolute Gasteiger partial charge is 0.328 e. The number of cyclic esters (lactones) is 1. The summed E-state index contributed by atoms with van der Waals surface area (Å²) in [4.78, 5) is 35.2. The van der Waals surface area contributed by atoms with Crippen molar-refractivity contribution in [2.24, 2.45) is 11.6 Å². The van der Waals surface area contributed by atoms with Gasteiger partial charge in [0.15, 0.2) is 0 Å². The molecule has 0 aromatic heterocycles. The van der Waals surface area contributed by atoms with Gasteiger partial charge in [-0.2, -0.15) is 0 Å². The van der Waals surface area contributed by atoms with Gasteiger partial charge in [-0.05, 0) is 24.3 Å². The molecule has 1 saturated heterocycles. The summed E-state index contributed by atoms with van der Waals surface area (Å²) in [7, 11) is 0. The highest BCUT2D eigenvalue weighted by molar-refractivity contribution is 5.96. The van der Waals surface area contributed by atoms with Crippen LogP contribution in [0.25, 0.3) is 0 Å². The van der Waals surface area contributed by atoms with Crippen LogP contribution in [0.15, 0.2) is 36.2 Å². The van der Waals surface area contributed by atoms with Crippen molar-refractivity contribution >= 4 is 23.5 Å². The van der Waals surface area contributed by atoms with E-state index in [2.05, 4.69) is 10.6 Å². The highest BCUT2D eigenvalue weighted by Gasteiger charge is 2.28. The Morgan fingerprint density at radius 3 is 2.54 bits per heavy atom. The first-order chi connectivity index (χ1) is 13.1. The normalized spacial score (nSPS) is 17.1. The van der Waals surface area contributed by atoms with Gasteiger partial charge in [0.05, 0.1) is 18.8 Å². The molecule has 1 fully saturated rings. The van der Waals surface area contributed by atoms with Gasteiger partial charge < -0.3 is 21.1 Å². The Bertz CT molecular complexity index is 777. The number of nitrogens with zero attached hydrogens (tertiary/aromatic N) is 1. The quantitative estimate of drug-likeness (QED) is 0.219. The third kappa shape index (κ3) is 5.91. The van der Waals surface area contributed by atoms with Gasteiger partial charge in [-0.1, -0.05) is 0 Å². The van der Waals surface area contributed by atoms with Crippen LogP contribution in [-0.4, -0.2) is 42.9 Å². The first-order valence-electron chi connectivity index (χ1n) is 8.31. The summed E-state index contributed by atoms with van der Waals surface area (Å²) >= 11 is 0. The van der Waals surface area contributed by atoms with E-state index in [9.17, 15) is 23.2 Å². The van der Waals surface area contributed by atoms with Crippen LogP contribution in [-0.2, 0) is 14.3 Å². The third-order valence-electron chi connectivity index (χ3n) is 3.77. The predicted molar refractivity (Wildman–Crippen MR) is 95.8 cm³/mol. The van der Waals surface area contributed by atoms with Gasteiger partial charge in [0.25, 0.3) is 17.7 Å². The molecule has 0 saturated carbocycles. The Balaban J connectivity index is 1.96. The van der Waals surface area contributed by atoms with E-state index in [0.717, 1.165) is 11.2 Å². The van der Waals surface area contributed by atoms with E-state index in [1.807, 2.05) is 0 Å². The maximum Gasteiger partial charge on any atom is 0.328 e. The van der Waals surface area contributed by atoms with E-state index in [0.29, 0.717) is 19.0 Å². The van der Waals surface area contributed by atoms with Crippen LogP contribution in [0.1, 0.15) is 23.7 Å². The molecular formula is C17H21F2N5O4. The van der Waals surface area contributed by atoms with Gasteiger partial charge in [0.1, 0.15) is 11.7 Å². The average Bonchev–Trinajstić information content (AvgIpc) is 3.03. The number of esters is 1. The average molecular weight is 397 g/mol. The van der Waals surface area contributed by atoms with Gasteiger partial charge in [-0.15, -0.1) is 0 Å². The van der Waals surface area contributed by atoms with Crippen LogP contribution in [0.4, 0.5) is 14.5 Å². The molecule has 1 aromatic rings. The fourth-order valence-electron chi connectivity index (χ4n) is 2.27. The van der Waals surface area contributed by atoms with Crippen molar-refractivity contribution in [1.82, 2.24) is 10.6 Å². The van der Waals surface area contributed by atoms with Gasteiger partial charge in [0, 0.05) is 25.1 Å². The molecule has 1 atom stereocenters. The Labute approximate surface area is 159 Å². The molecule has 6 N–H and O–H groups in total. The van der Waals surface area contributed by atoms with Gasteiger partial charge >= 0.3 is 5.97 Å². The van der Waals surface area contributed by atoms with Crippen LogP contribution in [0, 0.1) is 0 Å². The number of nitrogens with one attached hydrogen (secondary N) is 2. The van der Waals surface area contributed by atoms with E-state index < -0.39 is 36.3 Å². The highest BCUT2D eigenvalue weighted by atomic mass is 19.3. The number of anilines is 1. The van der Waals surface area contributed by atoms with Crippen molar-refractivity contribution in [2.45, 2.75) is 25.3 Å². The van der Waals surface area contributed by atoms with Gasteiger partial charge in [0.2, 0.25) is 0 Å². The largest absolute Gasteiger partial charge is 0.464 e. The molecule has 0 bridgehead atoms. The molecule has 0 radical (unpaired) electrons. The lowest BCUT2D eigenvalue weighted by Crippen LogP contribution is -2.41. The summed E-state index contributed by atoms with van der Waals surface area (Å²) in [6, 6.07) is 4.93. The molecule has 0 aliphatic carbocycles. The lowest BCUT2D eigenvalue weighted by molar-refractivity contribution is -0.141. The molecule has 2 amide bonds. The zero-order valence-corrected chi connectivity index (χ0v) is 15.1. The standard InChI is InChI=1S/C17H21F2N5O4/c1-17(18,19)9-22-14(25)10-2-4-11(5-3-10)24(21)8-12(20)15(26)23-13-6-7-28-16(13)27/h2-5,8,13H,6-7,9,20-21H2,1H3,(H,22,25)(H,23,26)/b12-8-. The molecule has 1 aliphatic rings. The first-order valence-corrected chi connectivity index (χ1v) is 8.31. The summed E-state index contributed by atoms with van der Waals surface area (Å²) in [6.45, 7) is 0.150. The monoisotopic (exact) mass is 397 g/mol. The second-order valence-corrected chi connectivity index (χ2v) is 6.27. The molecule has 1 aromatic carbocycles. The number of hydrogen-bond donors (Lipinski definition) is 4. The molecule has 11 heteroatoms. The molecular weight excluding hydrogens is 376 g/mol. The summed E-state index contributed by atoms with van der Waals surface area (Å²) in [5, 5.41) is 5.59.